The van der Waals surface area contributed by atoms with Crippen molar-refractivity contribution in [3.8, 4) is 5.69 Å². The fourth-order valence-corrected chi connectivity index (χ4v) is 4.77. The van der Waals surface area contributed by atoms with Crippen LogP contribution in [0.5, 0.6) is 0 Å². The molecule has 1 fully saturated rings. The zero-order valence-corrected chi connectivity index (χ0v) is 18.2. The number of nitrogens with zero attached hydrogens (tertiary/aromatic N) is 3. The van der Waals surface area contributed by atoms with Crippen LogP contribution in [0, 0.1) is 0 Å². The van der Waals surface area contributed by atoms with Gasteiger partial charge in [-0.25, -0.2) is 23.2 Å². The van der Waals surface area contributed by atoms with E-state index in [2.05, 4.69) is 20.4 Å². The first-order valence-electron chi connectivity index (χ1n) is 9.85. The number of benzene rings is 1. The summed E-state index contributed by atoms with van der Waals surface area (Å²) < 4.78 is 24.3. The van der Waals surface area contributed by atoms with E-state index in [-0.39, 0.29) is 33.5 Å². The van der Waals surface area contributed by atoms with Crippen LogP contribution in [0.15, 0.2) is 45.3 Å². The van der Waals surface area contributed by atoms with E-state index in [0.29, 0.717) is 16.5 Å². The highest BCUT2D eigenvalue weighted by Gasteiger charge is 2.17. The molecule has 0 aliphatic heterocycles. The summed E-state index contributed by atoms with van der Waals surface area (Å²) in [5, 5.41) is 12.9. The topological polar surface area (TPSA) is 153 Å². The Morgan fingerprint density at radius 1 is 1.23 bits per heavy atom. The van der Waals surface area contributed by atoms with E-state index in [0.717, 1.165) is 37.4 Å². The number of hydrogen-bond acceptors (Lipinski definition) is 7. The molecule has 2 heterocycles. The molecule has 0 bridgehead atoms. The predicted octanol–water partition coefficient (Wildman–Crippen LogP) is 1.30. The third-order valence-electron chi connectivity index (χ3n) is 5.14. The van der Waals surface area contributed by atoms with Crippen molar-refractivity contribution < 1.29 is 13.2 Å². The average molecular weight is 463 g/mol. The number of H-pyrrole nitrogens is 1. The van der Waals surface area contributed by atoms with Crippen molar-refractivity contribution in [3.63, 3.8) is 0 Å². The number of sulfonamides is 1. The lowest BCUT2D eigenvalue weighted by Crippen LogP contribution is -2.37. The molecule has 4 N–H and O–H groups in total. The molecule has 1 amide bonds. The lowest BCUT2D eigenvalue weighted by atomic mass is 9.95. The third kappa shape index (κ3) is 4.97. The molecular weight excluding hydrogens is 440 g/mol. The van der Waals surface area contributed by atoms with Crippen LogP contribution in [-0.4, -0.2) is 45.9 Å². The maximum absolute atomic E-state index is 12.4. The van der Waals surface area contributed by atoms with Gasteiger partial charge in [0.2, 0.25) is 15.9 Å². The van der Waals surface area contributed by atoms with E-state index in [1.54, 1.807) is 0 Å². The minimum atomic E-state index is -3.81. The highest BCUT2D eigenvalue weighted by atomic mass is 32.2. The number of hydrogen-bond donors (Lipinski definition) is 3. The number of thioether (sulfide) groups is 1. The van der Waals surface area contributed by atoms with Gasteiger partial charge >= 0.3 is 0 Å². The van der Waals surface area contributed by atoms with Gasteiger partial charge in [-0.3, -0.25) is 9.59 Å². The van der Waals surface area contributed by atoms with Crippen molar-refractivity contribution in [1.29, 1.82) is 0 Å². The van der Waals surface area contributed by atoms with E-state index in [4.69, 9.17) is 5.14 Å². The van der Waals surface area contributed by atoms with E-state index < -0.39 is 10.0 Å². The summed E-state index contributed by atoms with van der Waals surface area (Å²) in [6.07, 6.45) is 6.86. The molecule has 2 aromatic heterocycles. The Hall–Kier alpha value is -2.70. The van der Waals surface area contributed by atoms with E-state index >= 15 is 0 Å². The van der Waals surface area contributed by atoms with Crippen LogP contribution >= 0.6 is 11.8 Å². The molecule has 1 aliphatic carbocycles. The Kier molecular flexibility index (Phi) is 6.12. The summed E-state index contributed by atoms with van der Waals surface area (Å²) in [5.41, 5.74) is 0.460. The number of nitrogens with one attached hydrogen (secondary N) is 2. The molecular formula is C19H22N6O4S2. The molecule has 0 spiro atoms. The van der Waals surface area contributed by atoms with Crippen LogP contribution < -0.4 is 16.0 Å². The van der Waals surface area contributed by atoms with Crippen molar-refractivity contribution in [2.24, 2.45) is 5.14 Å². The number of aromatic nitrogens is 4. The molecule has 1 aromatic carbocycles. The largest absolute Gasteiger partial charge is 0.353 e. The van der Waals surface area contributed by atoms with Gasteiger partial charge in [0.1, 0.15) is 5.39 Å². The fraction of sp³-hybridized carbons (Fsp3) is 0.368. The van der Waals surface area contributed by atoms with Crippen LogP contribution in [0.4, 0.5) is 0 Å². The Morgan fingerprint density at radius 3 is 2.61 bits per heavy atom. The number of primary sulfonamides is 1. The van der Waals surface area contributed by atoms with Crippen LogP contribution in [0.3, 0.4) is 0 Å². The van der Waals surface area contributed by atoms with Gasteiger partial charge in [-0.15, -0.1) is 0 Å². The first-order valence-corrected chi connectivity index (χ1v) is 12.4. The fourth-order valence-electron chi connectivity index (χ4n) is 3.58. The van der Waals surface area contributed by atoms with Gasteiger partial charge in [-0.05, 0) is 37.1 Å². The third-order valence-corrected chi connectivity index (χ3v) is 6.94. The van der Waals surface area contributed by atoms with E-state index in [9.17, 15) is 18.0 Å². The summed E-state index contributed by atoms with van der Waals surface area (Å²) in [7, 11) is -3.81. The Labute approximate surface area is 182 Å². The zero-order valence-electron chi connectivity index (χ0n) is 16.6. The maximum atomic E-state index is 12.4. The molecule has 0 radical (unpaired) electrons. The van der Waals surface area contributed by atoms with Crippen LogP contribution in [-0.2, 0) is 14.8 Å². The Bertz CT molecular complexity index is 1260. The second-order valence-electron chi connectivity index (χ2n) is 7.39. The molecule has 4 rings (SSSR count). The van der Waals surface area contributed by atoms with Crippen molar-refractivity contribution >= 4 is 38.7 Å². The van der Waals surface area contributed by atoms with Crippen LogP contribution in [0.25, 0.3) is 16.7 Å². The second kappa shape index (κ2) is 8.81. The van der Waals surface area contributed by atoms with Gasteiger partial charge in [-0.2, -0.15) is 5.10 Å². The zero-order chi connectivity index (χ0) is 22.0. The minimum Gasteiger partial charge on any atom is -0.353 e. The Morgan fingerprint density at radius 2 is 1.94 bits per heavy atom. The van der Waals surface area contributed by atoms with Gasteiger partial charge in [-0.1, -0.05) is 31.0 Å². The maximum Gasteiger partial charge on any atom is 0.262 e. The van der Waals surface area contributed by atoms with Crippen LogP contribution in [0.1, 0.15) is 32.1 Å². The van der Waals surface area contributed by atoms with Crippen molar-refractivity contribution in [2.45, 2.75) is 48.2 Å². The Balaban J connectivity index is 1.53. The molecule has 0 unspecified atom stereocenters. The molecule has 164 valence electrons. The van der Waals surface area contributed by atoms with E-state index in [1.165, 1.54) is 41.6 Å². The summed E-state index contributed by atoms with van der Waals surface area (Å²) in [6.45, 7) is 0. The van der Waals surface area contributed by atoms with Crippen molar-refractivity contribution in [2.75, 3.05) is 5.75 Å². The second-order valence-corrected chi connectivity index (χ2v) is 9.92. The molecule has 1 saturated carbocycles. The number of amides is 1. The van der Waals surface area contributed by atoms with Gasteiger partial charge < -0.3 is 10.3 Å². The monoisotopic (exact) mass is 462 g/mol. The molecule has 12 heteroatoms. The highest BCUT2D eigenvalue weighted by molar-refractivity contribution is 7.99. The standard InChI is InChI=1S/C19H22N6O4S2/c20-31(28,29)14-8-6-13(7-9-14)25-17-15(10-21-25)18(27)24-19(23-17)30-11-16(26)22-12-4-2-1-3-5-12/h6-10,12H,1-5,11H2,(H,22,26)(H2,20,28,29)(H,23,24,27). The van der Waals surface area contributed by atoms with Gasteiger partial charge in [0.05, 0.1) is 22.5 Å². The predicted molar refractivity (Wildman–Crippen MR) is 117 cm³/mol. The quantitative estimate of drug-likeness (QED) is 0.369. The van der Waals surface area contributed by atoms with Gasteiger partial charge in [0.15, 0.2) is 10.8 Å². The summed E-state index contributed by atoms with van der Waals surface area (Å²) in [4.78, 5) is 31.8. The summed E-state index contributed by atoms with van der Waals surface area (Å²) in [6, 6.07) is 5.99. The lowest BCUT2D eigenvalue weighted by molar-refractivity contribution is -0.119. The van der Waals surface area contributed by atoms with Crippen molar-refractivity contribution in [1.82, 2.24) is 25.1 Å². The SMILES string of the molecule is NS(=O)(=O)c1ccc(-n2ncc3c(=O)[nH]c(SCC(=O)NC4CCCCC4)nc32)cc1. The smallest absolute Gasteiger partial charge is 0.262 e. The molecule has 3 aromatic rings. The first kappa shape index (κ1) is 21.5. The van der Waals surface area contributed by atoms with Gasteiger partial charge in [0.25, 0.3) is 5.56 Å². The van der Waals surface area contributed by atoms with Gasteiger partial charge in [0, 0.05) is 6.04 Å². The number of rotatable bonds is 6. The number of carbonyl (C=O) groups excluding carboxylic acids is 1. The number of nitrogens with two attached hydrogens (primary N) is 1. The number of aromatic amines is 1. The highest BCUT2D eigenvalue weighted by Crippen LogP contribution is 2.20. The molecule has 31 heavy (non-hydrogen) atoms. The molecule has 0 atom stereocenters. The molecule has 1 aliphatic rings. The average Bonchev–Trinajstić information content (AvgIpc) is 3.17. The van der Waals surface area contributed by atoms with E-state index in [1.807, 2.05) is 0 Å². The summed E-state index contributed by atoms with van der Waals surface area (Å²) >= 11 is 1.14. The number of carbonyl (C=O) groups is 1. The molecule has 10 nitrogen and oxygen atoms in total. The first-order chi connectivity index (χ1) is 14.8. The number of fused-ring (bicyclic) bond motifs is 1. The van der Waals surface area contributed by atoms with Crippen LogP contribution in [0.2, 0.25) is 0 Å². The lowest BCUT2D eigenvalue weighted by Gasteiger charge is -2.22. The molecule has 0 saturated heterocycles. The summed E-state index contributed by atoms with van der Waals surface area (Å²) in [5.74, 6) is 0.0500. The normalized spacial score (nSPS) is 15.3. The van der Waals surface area contributed by atoms with Crippen molar-refractivity contribution in [3.05, 3.63) is 40.8 Å². The minimum absolute atomic E-state index is 0.0289.